The van der Waals surface area contributed by atoms with Crippen molar-refractivity contribution in [2.24, 2.45) is 17.4 Å². The smallest absolute Gasteiger partial charge is 0.326 e. The Morgan fingerprint density at radius 1 is 1.06 bits per heavy atom. The molecule has 0 aromatic rings. The van der Waals surface area contributed by atoms with Crippen LogP contribution in [0, 0.1) is 5.92 Å². The van der Waals surface area contributed by atoms with Crippen LogP contribution >= 0.6 is 0 Å². The summed E-state index contributed by atoms with van der Waals surface area (Å²) in [5.74, 6) is -4.13. The first-order chi connectivity index (χ1) is 15.6. The Hall–Kier alpha value is -2.73. The van der Waals surface area contributed by atoms with Crippen molar-refractivity contribution in [3.8, 4) is 0 Å². The van der Waals surface area contributed by atoms with Gasteiger partial charge in [-0.05, 0) is 51.1 Å². The number of rotatable bonds is 15. The van der Waals surface area contributed by atoms with E-state index in [0.29, 0.717) is 32.2 Å². The highest BCUT2D eigenvalue weighted by molar-refractivity contribution is 5.96. The van der Waals surface area contributed by atoms with Crippen LogP contribution in [0.4, 0.5) is 0 Å². The van der Waals surface area contributed by atoms with Gasteiger partial charge in [-0.3, -0.25) is 19.2 Å². The predicted octanol–water partition coefficient (Wildman–Crippen LogP) is -1.67. The van der Waals surface area contributed by atoms with Gasteiger partial charge >= 0.3 is 5.97 Å². The third-order valence-electron chi connectivity index (χ3n) is 5.77. The van der Waals surface area contributed by atoms with Crippen molar-refractivity contribution in [1.82, 2.24) is 21.3 Å². The summed E-state index contributed by atoms with van der Waals surface area (Å²) in [6.45, 7) is 4.75. The predicted molar refractivity (Wildman–Crippen MR) is 121 cm³/mol. The number of unbranched alkanes of at least 4 members (excludes halogenated alkanes) is 1. The summed E-state index contributed by atoms with van der Waals surface area (Å²) in [7, 11) is 0. The normalized spacial score (nSPS) is 19.1. The summed E-state index contributed by atoms with van der Waals surface area (Å²) in [5.41, 5.74) is 10.7. The second kappa shape index (κ2) is 14.4. The summed E-state index contributed by atoms with van der Waals surface area (Å²) in [5, 5.41) is 20.0. The van der Waals surface area contributed by atoms with E-state index in [2.05, 4.69) is 21.3 Å². The Labute approximate surface area is 194 Å². The van der Waals surface area contributed by atoms with Gasteiger partial charge in [0.15, 0.2) is 0 Å². The third-order valence-corrected chi connectivity index (χ3v) is 5.77. The van der Waals surface area contributed by atoms with Gasteiger partial charge < -0.3 is 37.8 Å². The van der Waals surface area contributed by atoms with Gasteiger partial charge in [-0.15, -0.1) is 0 Å². The Bertz CT molecular complexity index is 697. The number of aliphatic carboxylic acids is 1. The summed E-state index contributed by atoms with van der Waals surface area (Å²) in [6, 6.07) is -3.90. The number of carboxylic acids is 1. The number of carbonyl (C=O) groups excluding carboxylic acids is 4. The van der Waals surface area contributed by atoms with E-state index in [0.717, 1.165) is 13.0 Å². The van der Waals surface area contributed by atoms with Crippen LogP contribution in [-0.2, 0) is 24.0 Å². The lowest BCUT2D eigenvalue weighted by Crippen LogP contribution is -2.59. The largest absolute Gasteiger partial charge is 0.480 e. The molecule has 1 aliphatic rings. The number of carboxylic acid groups (broad SMARTS) is 1. The van der Waals surface area contributed by atoms with Gasteiger partial charge in [0, 0.05) is 0 Å². The zero-order valence-corrected chi connectivity index (χ0v) is 19.4. The van der Waals surface area contributed by atoms with Crippen LogP contribution in [-0.4, -0.2) is 72.0 Å². The zero-order valence-electron chi connectivity index (χ0n) is 19.4. The molecule has 1 heterocycles. The molecule has 0 radical (unpaired) electrons. The number of hydrogen-bond donors (Lipinski definition) is 7. The molecule has 0 spiro atoms. The summed E-state index contributed by atoms with van der Waals surface area (Å²) in [4.78, 5) is 61.3. The molecule has 0 aliphatic carbocycles. The Morgan fingerprint density at radius 2 is 1.73 bits per heavy atom. The Balaban J connectivity index is 2.91. The topological polar surface area (TPSA) is 206 Å². The average Bonchev–Trinajstić information content (AvgIpc) is 3.30. The fourth-order valence-corrected chi connectivity index (χ4v) is 3.56. The molecule has 0 saturated carbocycles. The van der Waals surface area contributed by atoms with Crippen molar-refractivity contribution < 1.29 is 29.1 Å². The maximum Gasteiger partial charge on any atom is 0.326 e. The second-order valence-corrected chi connectivity index (χ2v) is 8.44. The maximum atomic E-state index is 13.0. The fraction of sp³-hybridized carbons (Fsp3) is 0.762. The van der Waals surface area contributed by atoms with E-state index in [9.17, 15) is 29.1 Å². The number of hydrogen-bond acceptors (Lipinski definition) is 7. The maximum absolute atomic E-state index is 13.0. The van der Waals surface area contributed by atoms with Gasteiger partial charge in [0.2, 0.25) is 23.6 Å². The average molecular weight is 471 g/mol. The van der Waals surface area contributed by atoms with E-state index >= 15 is 0 Å². The summed E-state index contributed by atoms with van der Waals surface area (Å²) < 4.78 is 0. The third kappa shape index (κ3) is 9.74. The highest BCUT2D eigenvalue weighted by atomic mass is 16.4. The van der Waals surface area contributed by atoms with Gasteiger partial charge in [0.05, 0.1) is 12.5 Å². The van der Waals surface area contributed by atoms with Crippen LogP contribution in [0.5, 0.6) is 0 Å². The van der Waals surface area contributed by atoms with E-state index in [4.69, 9.17) is 11.5 Å². The molecule has 5 atom stereocenters. The van der Waals surface area contributed by atoms with Crippen molar-refractivity contribution >= 4 is 29.6 Å². The van der Waals surface area contributed by atoms with Crippen molar-refractivity contribution in [3.63, 3.8) is 0 Å². The minimum absolute atomic E-state index is 0.148. The van der Waals surface area contributed by atoms with E-state index in [1.807, 2.05) is 6.92 Å². The number of carbonyl (C=O) groups is 5. The molecule has 4 amide bonds. The molecule has 1 rings (SSSR count). The Morgan fingerprint density at radius 3 is 2.24 bits per heavy atom. The molecular weight excluding hydrogens is 432 g/mol. The molecule has 1 fully saturated rings. The zero-order chi connectivity index (χ0) is 25.0. The fourth-order valence-electron chi connectivity index (χ4n) is 3.56. The lowest BCUT2D eigenvalue weighted by molar-refractivity contribution is -0.142. The van der Waals surface area contributed by atoms with Gasteiger partial charge in [0.1, 0.15) is 18.1 Å². The van der Waals surface area contributed by atoms with Gasteiger partial charge in [-0.1, -0.05) is 20.3 Å². The Kier molecular flexibility index (Phi) is 12.4. The lowest BCUT2D eigenvalue weighted by Gasteiger charge is -2.27. The van der Waals surface area contributed by atoms with Crippen LogP contribution < -0.4 is 32.7 Å². The van der Waals surface area contributed by atoms with E-state index in [1.165, 1.54) is 0 Å². The van der Waals surface area contributed by atoms with E-state index in [-0.39, 0.29) is 24.3 Å². The minimum Gasteiger partial charge on any atom is -0.480 e. The molecule has 1 saturated heterocycles. The van der Waals surface area contributed by atoms with Crippen LogP contribution in [0.2, 0.25) is 0 Å². The molecule has 12 nitrogen and oxygen atoms in total. The lowest BCUT2D eigenvalue weighted by atomic mass is 9.97. The first-order valence-electron chi connectivity index (χ1n) is 11.5. The van der Waals surface area contributed by atoms with E-state index in [1.54, 1.807) is 6.92 Å². The minimum atomic E-state index is -1.38. The highest BCUT2D eigenvalue weighted by Crippen LogP contribution is 2.12. The highest BCUT2D eigenvalue weighted by Gasteiger charge is 2.34. The van der Waals surface area contributed by atoms with Crippen LogP contribution in [0.1, 0.15) is 58.8 Å². The molecular formula is C21H38N6O6. The summed E-state index contributed by atoms with van der Waals surface area (Å²) in [6.07, 6.45) is 2.80. The second-order valence-electron chi connectivity index (χ2n) is 8.44. The summed E-state index contributed by atoms with van der Waals surface area (Å²) >= 11 is 0. The number of primary amides is 1. The molecule has 9 N–H and O–H groups in total. The number of amides is 4. The molecule has 12 heteroatoms. The van der Waals surface area contributed by atoms with Gasteiger partial charge in [0.25, 0.3) is 0 Å². The molecule has 5 unspecified atom stereocenters. The molecule has 0 aromatic heterocycles. The van der Waals surface area contributed by atoms with Crippen molar-refractivity contribution in [3.05, 3.63) is 0 Å². The first kappa shape index (κ1) is 28.3. The van der Waals surface area contributed by atoms with Crippen LogP contribution in [0.3, 0.4) is 0 Å². The van der Waals surface area contributed by atoms with Crippen molar-refractivity contribution in [2.75, 3.05) is 13.1 Å². The SMILES string of the molecule is CCC(C)C(NC(=O)C1CCCN1)C(=O)NC(CC(N)=O)C(=O)NC(CCCCN)C(=O)O. The first-order valence-corrected chi connectivity index (χ1v) is 11.5. The van der Waals surface area contributed by atoms with Crippen molar-refractivity contribution in [2.45, 2.75) is 83.0 Å². The van der Waals surface area contributed by atoms with Crippen molar-refractivity contribution in [1.29, 1.82) is 0 Å². The standard InChI is InChI=1S/C21H38N6O6/c1-3-12(2)17(27-18(29)13-8-6-10-24-13)20(31)26-15(11-16(23)28)19(30)25-14(21(32)33)7-4-5-9-22/h12-15,17,24H,3-11,22H2,1-2H3,(H2,23,28)(H,25,30)(H,26,31)(H,27,29)(H,32,33). The molecule has 188 valence electrons. The van der Waals surface area contributed by atoms with Crippen LogP contribution in [0.15, 0.2) is 0 Å². The van der Waals surface area contributed by atoms with Gasteiger partial charge in [-0.2, -0.15) is 0 Å². The molecule has 0 bridgehead atoms. The van der Waals surface area contributed by atoms with Crippen LogP contribution in [0.25, 0.3) is 0 Å². The molecule has 0 aromatic carbocycles. The number of nitrogens with two attached hydrogens (primary N) is 2. The number of nitrogens with one attached hydrogen (secondary N) is 4. The van der Waals surface area contributed by atoms with Gasteiger partial charge in [-0.25, -0.2) is 4.79 Å². The van der Waals surface area contributed by atoms with E-state index < -0.39 is 48.2 Å². The quantitative estimate of drug-likeness (QED) is 0.137. The monoisotopic (exact) mass is 470 g/mol. The molecule has 1 aliphatic heterocycles. The molecule has 33 heavy (non-hydrogen) atoms.